The van der Waals surface area contributed by atoms with Crippen molar-refractivity contribution in [2.45, 2.75) is 52.6 Å². The van der Waals surface area contributed by atoms with Crippen LogP contribution in [0.1, 0.15) is 43.4 Å². The summed E-state index contributed by atoms with van der Waals surface area (Å²) in [6, 6.07) is 3.93. The van der Waals surface area contributed by atoms with Crippen molar-refractivity contribution >= 4 is 17.3 Å². The summed E-state index contributed by atoms with van der Waals surface area (Å²) < 4.78 is 0. The number of rotatable bonds is 4. The van der Waals surface area contributed by atoms with Gasteiger partial charge in [0.05, 0.1) is 0 Å². The van der Waals surface area contributed by atoms with Crippen LogP contribution < -0.4 is 0 Å². The SMILES string of the molecule is CCc1ccc(CN2CCCC(C)(C)C2C(=O)O)s1. The van der Waals surface area contributed by atoms with Gasteiger partial charge in [-0.25, -0.2) is 0 Å². The number of carbonyl (C=O) groups is 1. The van der Waals surface area contributed by atoms with E-state index in [2.05, 4.69) is 37.8 Å². The summed E-state index contributed by atoms with van der Waals surface area (Å²) in [5.41, 5.74) is -0.144. The molecule has 0 bridgehead atoms. The Morgan fingerprint density at radius 1 is 1.47 bits per heavy atom. The van der Waals surface area contributed by atoms with Crippen LogP contribution in [0.25, 0.3) is 0 Å². The van der Waals surface area contributed by atoms with Crippen LogP contribution in [0, 0.1) is 5.41 Å². The maximum Gasteiger partial charge on any atom is 0.321 e. The summed E-state index contributed by atoms with van der Waals surface area (Å²) in [5, 5.41) is 9.54. The van der Waals surface area contributed by atoms with Gasteiger partial charge in [-0.1, -0.05) is 20.8 Å². The van der Waals surface area contributed by atoms with E-state index in [0.29, 0.717) is 0 Å². The van der Waals surface area contributed by atoms with Crippen LogP contribution in [-0.2, 0) is 17.8 Å². The van der Waals surface area contributed by atoms with Gasteiger partial charge in [-0.3, -0.25) is 9.69 Å². The lowest BCUT2D eigenvalue weighted by Crippen LogP contribution is -2.53. The number of carboxylic acids is 1. The molecule has 0 saturated carbocycles. The fourth-order valence-corrected chi connectivity index (χ4v) is 4.04. The van der Waals surface area contributed by atoms with E-state index in [0.717, 1.165) is 32.4 Å². The zero-order chi connectivity index (χ0) is 14.0. The Kier molecular flexibility index (Phi) is 4.31. The largest absolute Gasteiger partial charge is 0.480 e. The van der Waals surface area contributed by atoms with Crippen LogP contribution in [0.15, 0.2) is 12.1 Å². The molecule has 106 valence electrons. The fourth-order valence-electron chi connectivity index (χ4n) is 3.06. The van der Waals surface area contributed by atoms with Crippen LogP contribution in [0.2, 0.25) is 0 Å². The highest BCUT2D eigenvalue weighted by molar-refractivity contribution is 7.11. The fraction of sp³-hybridized carbons (Fsp3) is 0.667. The Labute approximate surface area is 119 Å². The molecule has 1 aliphatic rings. The Morgan fingerprint density at radius 2 is 2.16 bits per heavy atom. The number of piperidine rings is 1. The first kappa shape index (κ1) is 14.5. The van der Waals surface area contributed by atoms with Crippen LogP contribution in [-0.4, -0.2) is 28.6 Å². The van der Waals surface area contributed by atoms with Gasteiger partial charge in [0.25, 0.3) is 0 Å². The first-order chi connectivity index (χ1) is 8.94. The normalized spacial score (nSPS) is 23.4. The zero-order valence-electron chi connectivity index (χ0n) is 12.0. The van der Waals surface area contributed by atoms with E-state index in [1.165, 1.54) is 9.75 Å². The van der Waals surface area contributed by atoms with Gasteiger partial charge in [-0.15, -0.1) is 11.3 Å². The van der Waals surface area contributed by atoms with Gasteiger partial charge in [-0.2, -0.15) is 0 Å². The molecule has 1 unspecified atom stereocenters. The lowest BCUT2D eigenvalue weighted by atomic mass is 9.76. The molecule has 3 nitrogen and oxygen atoms in total. The van der Waals surface area contributed by atoms with Gasteiger partial charge in [0.1, 0.15) is 6.04 Å². The van der Waals surface area contributed by atoms with Crippen molar-refractivity contribution in [3.8, 4) is 0 Å². The predicted octanol–water partition coefficient (Wildman–Crippen LogP) is 3.39. The molecule has 1 aromatic rings. The van der Waals surface area contributed by atoms with Gasteiger partial charge >= 0.3 is 5.97 Å². The minimum Gasteiger partial charge on any atom is -0.480 e. The van der Waals surface area contributed by atoms with Crippen molar-refractivity contribution in [1.82, 2.24) is 4.90 Å². The third-order valence-corrected chi connectivity index (χ3v) is 5.24. The van der Waals surface area contributed by atoms with Gasteiger partial charge in [0.2, 0.25) is 0 Å². The van der Waals surface area contributed by atoms with Crippen molar-refractivity contribution < 1.29 is 9.90 Å². The van der Waals surface area contributed by atoms with E-state index in [1.807, 2.05) is 0 Å². The summed E-state index contributed by atoms with van der Waals surface area (Å²) in [6.07, 6.45) is 3.13. The Balaban J connectivity index is 2.15. The highest BCUT2D eigenvalue weighted by atomic mass is 32.1. The monoisotopic (exact) mass is 281 g/mol. The molecule has 1 fully saturated rings. The zero-order valence-corrected chi connectivity index (χ0v) is 12.8. The lowest BCUT2D eigenvalue weighted by Gasteiger charge is -2.43. The molecule has 1 aromatic heterocycles. The topological polar surface area (TPSA) is 40.5 Å². The average molecular weight is 281 g/mol. The highest BCUT2D eigenvalue weighted by Crippen LogP contribution is 2.36. The first-order valence-electron chi connectivity index (χ1n) is 6.98. The minimum absolute atomic E-state index is 0.144. The number of hydrogen-bond acceptors (Lipinski definition) is 3. The van der Waals surface area contributed by atoms with E-state index in [1.54, 1.807) is 11.3 Å². The summed E-state index contributed by atoms with van der Waals surface area (Å²) in [7, 11) is 0. The van der Waals surface area contributed by atoms with E-state index in [-0.39, 0.29) is 11.5 Å². The van der Waals surface area contributed by atoms with Crippen LogP contribution in [0.4, 0.5) is 0 Å². The van der Waals surface area contributed by atoms with Crippen LogP contribution in [0.5, 0.6) is 0 Å². The Bertz CT molecular complexity index is 453. The van der Waals surface area contributed by atoms with E-state index in [9.17, 15) is 9.90 Å². The molecular formula is C15H23NO2S. The van der Waals surface area contributed by atoms with Gasteiger partial charge in [-0.05, 0) is 43.4 Å². The van der Waals surface area contributed by atoms with Crippen molar-refractivity contribution in [2.75, 3.05) is 6.54 Å². The molecule has 1 aliphatic heterocycles. The summed E-state index contributed by atoms with van der Waals surface area (Å²) in [6.45, 7) is 7.96. The van der Waals surface area contributed by atoms with Crippen molar-refractivity contribution in [2.24, 2.45) is 5.41 Å². The Hall–Kier alpha value is -0.870. The number of hydrogen-bond donors (Lipinski definition) is 1. The van der Waals surface area contributed by atoms with Gasteiger partial charge in [0, 0.05) is 16.3 Å². The number of carboxylic acid groups (broad SMARTS) is 1. The summed E-state index contributed by atoms with van der Waals surface area (Å²) in [5.74, 6) is -0.683. The number of nitrogens with zero attached hydrogens (tertiary/aromatic N) is 1. The summed E-state index contributed by atoms with van der Waals surface area (Å²) in [4.78, 5) is 16.4. The molecule has 4 heteroatoms. The lowest BCUT2D eigenvalue weighted by molar-refractivity contribution is -0.151. The molecule has 2 heterocycles. The minimum atomic E-state index is -0.683. The second kappa shape index (κ2) is 5.63. The first-order valence-corrected chi connectivity index (χ1v) is 7.80. The molecule has 1 atom stereocenters. The molecule has 2 rings (SSSR count). The number of thiophene rings is 1. The molecule has 0 radical (unpaired) electrons. The molecule has 19 heavy (non-hydrogen) atoms. The van der Waals surface area contributed by atoms with Crippen LogP contribution in [0.3, 0.4) is 0 Å². The molecule has 1 saturated heterocycles. The standard InChI is InChI=1S/C15H23NO2S/c1-4-11-6-7-12(19-11)10-16-9-5-8-15(2,3)13(16)14(17)18/h6-7,13H,4-5,8-10H2,1-3H3,(H,17,18). The highest BCUT2D eigenvalue weighted by Gasteiger charge is 2.42. The van der Waals surface area contributed by atoms with E-state index < -0.39 is 5.97 Å². The number of aliphatic carboxylic acids is 1. The van der Waals surface area contributed by atoms with Gasteiger partial charge < -0.3 is 5.11 Å². The predicted molar refractivity (Wildman–Crippen MR) is 78.5 cm³/mol. The molecule has 0 aliphatic carbocycles. The molecule has 0 spiro atoms. The van der Waals surface area contributed by atoms with Crippen molar-refractivity contribution in [3.05, 3.63) is 21.9 Å². The second-order valence-corrected chi connectivity index (χ2v) is 7.28. The average Bonchev–Trinajstić information content (AvgIpc) is 2.75. The third kappa shape index (κ3) is 3.18. The van der Waals surface area contributed by atoms with E-state index >= 15 is 0 Å². The van der Waals surface area contributed by atoms with Gasteiger partial charge in [0.15, 0.2) is 0 Å². The maximum absolute atomic E-state index is 11.6. The van der Waals surface area contributed by atoms with E-state index in [4.69, 9.17) is 0 Å². The number of likely N-dealkylation sites (tertiary alicyclic amines) is 1. The summed E-state index contributed by atoms with van der Waals surface area (Å²) >= 11 is 1.81. The molecule has 1 N–H and O–H groups in total. The quantitative estimate of drug-likeness (QED) is 0.919. The second-order valence-electron chi connectivity index (χ2n) is 6.02. The molecular weight excluding hydrogens is 258 g/mol. The Morgan fingerprint density at radius 3 is 2.74 bits per heavy atom. The molecule has 0 amide bonds. The smallest absolute Gasteiger partial charge is 0.321 e. The van der Waals surface area contributed by atoms with Crippen molar-refractivity contribution in [1.29, 1.82) is 0 Å². The number of aryl methyl sites for hydroxylation is 1. The van der Waals surface area contributed by atoms with Crippen molar-refractivity contribution in [3.63, 3.8) is 0 Å². The van der Waals surface area contributed by atoms with Crippen LogP contribution >= 0.6 is 11.3 Å². The molecule has 0 aromatic carbocycles. The maximum atomic E-state index is 11.6. The third-order valence-electron chi connectivity index (χ3n) is 4.03.